The second-order valence-corrected chi connectivity index (χ2v) is 13.1. The summed E-state index contributed by atoms with van der Waals surface area (Å²) < 4.78 is 6.54. The van der Waals surface area contributed by atoms with Crippen molar-refractivity contribution in [3.05, 3.63) is 49.6 Å². The molecule has 1 spiro atoms. The average Bonchev–Trinajstić information content (AvgIpc) is 3.71. The number of aromatic nitrogens is 3. The van der Waals surface area contributed by atoms with Crippen LogP contribution >= 0.6 is 11.8 Å². The second-order valence-electron chi connectivity index (χ2n) is 11.5. The number of carbonyl (C=O) groups is 3. The largest absolute Gasteiger partial charge is 0.465 e. The lowest BCUT2D eigenvalue weighted by atomic mass is 9.71. The smallest absolute Gasteiger partial charge is 0.310 e. The molecule has 5 rings (SSSR count). The molecule has 4 heterocycles. The van der Waals surface area contributed by atoms with Crippen molar-refractivity contribution in [2.75, 3.05) is 19.8 Å². The predicted octanol–water partition coefficient (Wildman–Crippen LogP) is 3.02. The fourth-order valence-corrected chi connectivity index (χ4v) is 9.03. The van der Waals surface area contributed by atoms with E-state index in [-0.39, 0.29) is 55.4 Å². The van der Waals surface area contributed by atoms with Gasteiger partial charge in [-0.05, 0) is 43.7 Å². The van der Waals surface area contributed by atoms with Crippen molar-refractivity contribution in [1.29, 1.82) is 0 Å². The van der Waals surface area contributed by atoms with Gasteiger partial charge in [0.15, 0.2) is 0 Å². The van der Waals surface area contributed by atoms with Crippen molar-refractivity contribution >= 4 is 40.6 Å². The number of aliphatic hydroxyl groups excluding tert-OH is 1. The first-order valence-corrected chi connectivity index (χ1v) is 15.2. The summed E-state index contributed by atoms with van der Waals surface area (Å²) in [4.78, 5) is 45.6. The first-order chi connectivity index (χ1) is 19.8. The molecule has 0 radical (unpaired) electrons. The number of benzene rings is 1. The van der Waals surface area contributed by atoms with Gasteiger partial charge < -0.3 is 19.6 Å². The number of para-hydroxylation sites is 1. The van der Waals surface area contributed by atoms with Crippen LogP contribution < -0.4 is 0 Å². The van der Waals surface area contributed by atoms with Gasteiger partial charge in [-0.2, -0.15) is 0 Å². The minimum absolute atomic E-state index is 0.0907. The molecule has 0 saturated carbocycles. The zero-order valence-corrected chi connectivity index (χ0v) is 24.5. The van der Waals surface area contributed by atoms with E-state index in [0.717, 1.165) is 23.9 Å². The van der Waals surface area contributed by atoms with Crippen molar-refractivity contribution in [3.8, 4) is 0 Å². The highest BCUT2D eigenvalue weighted by molar-refractivity contribution is 8.02. The van der Waals surface area contributed by atoms with E-state index in [4.69, 9.17) is 4.74 Å². The van der Waals surface area contributed by atoms with E-state index in [1.165, 1.54) is 0 Å². The molecule has 41 heavy (non-hydrogen) atoms. The Hall–Kier alpha value is -3.18. The minimum Gasteiger partial charge on any atom is -0.465 e. The molecule has 10 nitrogen and oxygen atoms in total. The quantitative estimate of drug-likeness (QED) is 0.218. The topological polar surface area (TPSA) is 118 Å². The predicted molar refractivity (Wildman–Crippen MR) is 156 cm³/mol. The highest BCUT2D eigenvalue weighted by Gasteiger charge is 2.75. The molecule has 0 aliphatic carbocycles. The third-order valence-corrected chi connectivity index (χ3v) is 10.7. The number of nitrogens with zero attached hydrogens (tertiary/aromatic N) is 5. The van der Waals surface area contributed by atoms with E-state index in [2.05, 4.69) is 23.5 Å². The number of hydrogen-bond acceptors (Lipinski definition) is 8. The summed E-state index contributed by atoms with van der Waals surface area (Å²) in [5.41, 5.74) is 1.50. The summed E-state index contributed by atoms with van der Waals surface area (Å²) in [6.45, 7) is 11.8. The van der Waals surface area contributed by atoms with Gasteiger partial charge >= 0.3 is 5.97 Å². The summed E-state index contributed by atoms with van der Waals surface area (Å²) in [5.74, 6) is -2.27. The zero-order valence-electron chi connectivity index (χ0n) is 23.7. The number of likely N-dealkylation sites (tertiary alicyclic amines) is 1. The number of unbranched alkanes of at least 4 members (excludes halogenated alkanes) is 1. The van der Waals surface area contributed by atoms with Gasteiger partial charge in [0.05, 0.1) is 41.4 Å². The summed E-state index contributed by atoms with van der Waals surface area (Å²) in [7, 11) is 0. The number of hydrogen-bond donors (Lipinski definition) is 1. The van der Waals surface area contributed by atoms with Gasteiger partial charge in [0.25, 0.3) is 0 Å². The Labute approximate surface area is 244 Å². The zero-order chi connectivity index (χ0) is 29.3. The van der Waals surface area contributed by atoms with Crippen molar-refractivity contribution < 1.29 is 24.2 Å². The molecule has 3 saturated heterocycles. The number of rotatable bonds is 13. The van der Waals surface area contributed by atoms with Gasteiger partial charge in [-0.1, -0.05) is 43.3 Å². The third-order valence-electron chi connectivity index (χ3n) is 8.74. The summed E-state index contributed by atoms with van der Waals surface area (Å²) >= 11 is 1.59. The second kappa shape index (κ2) is 12.0. The summed E-state index contributed by atoms with van der Waals surface area (Å²) in [6.07, 6.45) is 6.20. The molecule has 1 N–H and O–H groups in total. The maximum Gasteiger partial charge on any atom is 0.310 e. The maximum absolute atomic E-state index is 14.6. The molecule has 6 atom stereocenters. The fourth-order valence-electron chi connectivity index (χ4n) is 6.84. The normalized spacial score (nSPS) is 27.3. The molecule has 2 bridgehead atoms. The molecule has 2 aromatic rings. The number of fused-ring (bicyclic) bond motifs is 2. The van der Waals surface area contributed by atoms with Crippen molar-refractivity contribution in [3.63, 3.8) is 0 Å². The van der Waals surface area contributed by atoms with Gasteiger partial charge in [-0.25, -0.2) is 4.68 Å². The van der Waals surface area contributed by atoms with Crippen LogP contribution in [0.3, 0.4) is 0 Å². The van der Waals surface area contributed by atoms with Crippen LogP contribution in [0.2, 0.25) is 0 Å². The lowest BCUT2D eigenvalue weighted by molar-refractivity contribution is -0.155. The van der Waals surface area contributed by atoms with Crippen LogP contribution in [0, 0.1) is 17.8 Å². The van der Waals surface area contributed by atoms with E-state index in [9.17, 15) is 19.5 Å². The molecule has 220 valence electrons. The molecule has 2 unspecified atom stereocenters. The highest BCUT2D eigenvalue weighted by atomic mass is 32.2. The molecule has 3 aliphatic heterocycles. The molecule has 1 aromatic heterocycles. The number of aliphatic hydroxyl groups is 1. The molecule has 3 aliphatic rings. The third kappa shape index (κ3) is 4.97. The molecule has 2 amide bonds. The number of thioether (sulfide) groups is 1. The average molecular weight is 582 g/mol. The van der Waals surface area contributed by atoms with E-state index in [0.29, 0.717) is 12.8 Å². The molecule has 11 heteroatoms. The van der Waals surface area contributed by atoms with Crippen LogP contribution in [0.1, 0.15) is 39.5 Å². The molecule has 3 fully saturated rings. The highest BCUT2D eigenvalue weighted by Crippen LogP contribution is 2.67. The van der Waals surface area contributed by atoms with Crippen LogP contribution in [-0.4, -0.2) is 89.5 Å². The standard InChI is InChI=1S/C30H39N5O5S/c1-5-7-10-16-40-29(39)24-23-13-14-30(41-23)25(24)27(37)35(22(17-36)19(3)4)26(30)28(38)33(15-6-2)18-34-21-12-9-8-11-20(21)31-32-34/h5-6,8-9,11-12,19,22-26,36H,1-2,7,10,13-18H2,3-4H3/t22-,23+,24-,25-,26?,30?/m0/s1. The van der Waals surface area contributed by atoms with Crippen molar-refractivity contribution in [1.82, 2.24) is 24.8 Å². The van der Waals surface area contributed by atoms with Crippen LogP contribution in [0.15, 0.2) is 49.6 Å². The van der Waals surface area contributed by atoms with E-state index >= 15 is 0 Å². The number of esters is 1. The number of ether oxygens (including phenoxy) is 1. The van der Waals surface area contributed by atoms with Gasteiger partial charge in [0.2, 0.25) is 11.8 Å². The number of carbonyl (C=O) groups excluding carboxylic acids is 3. The van der Waals surface area contributed by atoms with Crippen molar-refractivity contribution in [2.24, 2.45) is 17.8 Å². The van der Waals surface area contributed by atoms with E-state index < -0.39 is 28.7 Å². The Morgan fingerprint density at radius 1 is 1.29 bits per heavy atom. The Kier molecular flexibility index (Phi) is 8.56. The maximum atomic E-state index is 14.6. The Morgan fingerprint density at radius 2 is 2.07 bits per heavy atom. The lowest BCUT2D eigenvalue weighted by Gasteiger charge is -2.40. The number of amides is 2. The van der Waals surface area contributed by atoms with Gasteiger partial charge in [0, 0.05) is 11.8 Å². The Bertz CT molecular complexity index is 1330. The molecular weight excluding hydrogens is 542 g/mol. The van der Waals surface area contributed by atoms with Crippen LogP contribution in [0.5, 0.6) is 0 Å². The van der Waals surface area contributed by atoms with Crippen molar-refractivity contribution in [2.45, 2.75) is 68.3 Å². The molecular formula is C30H39N5O5S. The Balaban J connectivity index is 1.51. The summed E-state index contributed by atoms with van der Waals surface area (Å²) in [5, 5.41) is 18.9. The first kappa shape index (κ1) is 29.3. The van der Waals surface area contributed by atoms with E-state index in [1.54, 1.807) is 38.4 Å². The monoisotopic (exact) mass is 581 g/mol. The Morgan fingerprint density at radius 3 is 2.78 bits per heavy atom. The van der Waals surface area contributed by atoms with Crippen LogP contribution in [0.4, 0.5) is 0 Å². The van der Waals surface area contributed by atoms with Gasteiger partial charge in [-0.3, -0.25) is 14.4 Å². The van der Waals surface area contributed by atoms with Crippen LogP contribution in [0.25, 0.3) is 11.0 Å². The van der Waals surface area contributed by atoms with Gasteiger partial charge in [0.1, 0.15) is 18.2 Å². The van der Waals surface area contributed by atoms with Gasteiger partial charge in [-0.15, -0.1) is 30.0 Å². The van der Waals surface area contributed by atoms with Crippen LogP contribution in [-0.2, 0) is 25.8 Å². The first-order valence-electron chi connectivity index (χ1n) is 14.3. The minimum atomic E-state index is -0.845. The fraction of sp³-hybridized carbons (Fsp3) is 0.567. The number of allylic oxidation sites excluding steroid dienone is 1. The van der Waals surface area contributed by atoms with E-state index in [1.807, 2.05) is 38.1 Å². The molecule has 1 aromatic carbocycles. The SMILES string of the molecule is C=CCCCOC(=O)[C@@H]1[C@H]2C(=O)N([C@@H](CO)C(C)C)C(C(=O)N(CC=C)Cn3nnc4ccccc43)C23CC[C@H]1S3. The lowest BCUT2D eigenvalue weighted by Crippen LogP contribution is -2.58. The summed E-state index contributed by atoms with van der Waals surface area (Å²) in [6, 6.07) is 6.11.